The van der Waals surface area contributed by atoms with Crippen LogP contribution in [-0.4, -0.2) is 29.3 Å². The summed E-state index contributed by atoms with van der Waals surface area (Å²) in [6.45, 7) is 3.15. The van der Waals surface area contributed by atoms with Crippen molar-refractivity contribution in [2.24, 2.45) is 0 Å². The Labute approximate surface area is 115 Å². The lowest BCUT2D eigenvalue weighted by molar-refractivity contribution is 0.0691. The Morgan fingerprint density at radius 3 is 2.74 bits per heavy atom. The molecule has 0 amide bonds. The second-order valence-electron chi connectivity index (χ2n) is 3.90. The van der Waals surface area contributed by atoms with Crippen LogP contribution in [0.25, 0.3) is 10.4 Å². The molecule has 0 aliphatic rings. The molecule has 0 spiro atoms. The van der Waals surface area contributed by atoms with Crippen LogP contribution in [0.4, 0.5) is 0 Å². The van der Waals surface area contributed by atoms with Crippen LogP contribution in [0.15, 0.2) is 30.3 Å². The van der Waals surface area contributed by atoms with Crippen molar-refractivity contribution in [1.82, 2.24) is 4.98 Å². The van der Waals surface area contributed by atoms with Gasteiger partial charge in [-0.15, -0.1) is 11.3 Å². The molecule has 0 saturated heterocycles. The number of nitrogens with zero attached hydrogens (tertiary/aromatic N) is 1. The normalized spacial score (nSPS) is 10.6. The Bertz CT molecular complexity index is 551. The van der Waals surface area contributed by atoms with Gasteiger partial charge in [-0.25, -0.2) is 9.78 Å². The summed E-state index contributed by atoms with van der Waals surface area (Å²) < 4.78 is 5.27. The van der Waals surface area contributed by atoms with Crippen molar-refractivity contribution in [1.29, 1.82) is 0 Å². The number of thiazole rings is 1. The van der Waals surface area contributed by atoms with Crippen molar-refractivity contribution >= 4 is 17.3 Å². The van der Waals surface area contributed by atoms with Gasteiger partial charge in [0.1, 0.15) is 0 Å². The summed E-state index contributed by atoms with van der Waals surface area (Å²) in [6, 6.07) is 9.47. The number of benzene rings is 1. The molecule has 100 valence electrons. The molecular weight excluding hydrogens is 262 g/mol. The smallest absolute Gasteiger partial charge is 0.356 e. The summed E-state index contributed by atoms with van der Waals surface area (Å²) in [6.07, 6.45) is 0.644. The molecule has 5 heteroatoms. The van der Waals surface area contributed by atoms with E-state index < -0.39 is 5.97 Å². The molecule has 2 rings (SSSR count). The van der Waals surface area contributed by atoms with Crippen LogP contribution in [0, 0.1) is 0 Å². The molecular formula is C14H15NO3S. The van der Waals surface area contributed by atoms with Gasteiger partial charge in [-0.05, 0) is 12.5 Å². The van der Waals surface area contributed by atoms with Gasteiger partial charge in [0.25, 0.3) is 0 Å². The zero-order valence-corrected chi connectivity index (χ0v) is 11.4. The second kappa shape index (κ2) is 6.45. The minimum Gasteiger partial charge on any atom is -0.476 e. The van der Waals surface area contributed by atoms with Gasteiger partial charge in [-0.3, -0.25) is 0 Å². The van der Waals surface area contributed by atoms with Crippen molar-refractivity contribution in [3.63, 3.8) is 0 Å². The van der Waals surface area contributed by atoms with Crippen LogP contribution in [0.1, 0.15) is 22.4 Å². The predicted molar refractivity (Wildman–Crippen MR) is 74.7 cm³/mol. The number of aromatic nitrogens is 1. The van der Waals surface area contributed by atoms with Crippen molar-refractivity contribution in [2.75, 3.05) is 13.2 Å². The van der Waals surface area contributed by atoms with Crippen LogP contribution in [0.2, 0.25) is 0 Å². The van der Waals surface area contributed by atoms with E-state index in [-0.39, 0.29) is 5.69 Å². The molecule has 0 aliphatic carbocycles. The molecule has 19 heavy (non-hydrogen) atoms. The molecule has 0 saturated carbocycles. The lowest BCUT2D eigenvalue weighted by Gasteiger charge is -1.97. The van der Waals surface area contributed by atoms with Crippen molar-refractivity contribution < 1.29 is 14.6 Å². The minimum atomic E-state index is -0.988. The number of ether oxygens (including phenoxy) is 1. The quantitative estimate of drug-likeness (QED) is 0.824. The van der Waals surface area contributed by atoms with E-state index in [1.807, 2.05) is 37.3 Å². The summed E-state index contributed by atoms with van der Waals surface area (Å²) in [5.74, 6) is -0.988. The molecule has 0 unspecified atom stereocenters. The second-order valence-corrected chi connectivity index (χ2v) is 4.99. The molecule has 1 N–H and O–H groups in total. The van der Waals surface area contributed by atoms with E-state index in [1.165, 1.54) is 11.3 Å². The Kier molecular flexibility index (Phi) is 4.65. The SMILES string of the molecule is CCOCCc1nc(C(=O)O)c(-c2ccccc2)s1. The third-order valence-corrected chi connectivity index (χ3v) is 3.74. The fraction of sp³-hybridized carbons (Fsp3) is 0.286. The van der Waals surface area contributed by atoms with Crippen LogP contribution < -0.4 is 0 Å². The molecule has 0 radical (unpaired) electrons. The van der Waals surface area contributed by atoms with Crippen LogP contribution >= 0.6 is 11.3 Å². The zero-order chi connectivity index (χ0) is 13.7. The molecule has 0 aliphatic heterocycles. The number of hydrogen-bond donors (Lipinski definition) is 1. The van der Waals surface area contributed by atoms with Crippen LogP contribution in [0.3, 0.4) is 0 Å². The van der Waals surface area contributed by atoms with E-state index in [9.17, 15) is 9.90 Å². The molecule has 1 heterocycles. The van der Waals surface area contributed by atoms with Gasteiger partial charge in [0.05, 0.1) is 16.5 Å². The summed E-state index contributed by atoms with van der Waals surface area (Å²) in [5, 5.41) is 10.0. The first-order chi connectivity index (χ1) is 9.22. The molecule has 2 aromatic rings. The highest BCUT2D eigenvalue weighted by Crippen LogP contribution is 2.30. The van der Waals surface area contributed by atoms with E-state index in [0.717, 1.165) is 10.6 Å². The molecule has 0 fully saturated rings. The largest absolute Gasteiger partial charge is 0.476 e. The Hall–Kier alpha value is -1.72. The maximum absolute atomic E-state index is 11.3. The number of carboxylic acids is 1. The lowest BCUT2D eigenvalue weighted by atomic mass is 10.1. The summed E-state index contributed by atoms with van der Waals surface area (Å²) >= 11 is 1.42. The number of aromatic carboxylic acids is 1. The van der Waals surface area contributed by atoms with E-state index >= 15 is 0 Å². The average molecular weight is 277 g/mol. The zero-order valence-electron chi connectivity index (χ0n) is 10.6. The van der Waals surface area contributed by atoms with E-state index in [2.05, 4.69) is 4.98 Å². The number of carboxylic acid groups (broad SMARTS) is 1. The third-order valence-electron chi connectivity index (χ3n) is 2.57. The highest BCUT2D eigenvalue weighted by Gasteiger charge is 2.18. The van der Waals surface area contributed by atoms with Gasteiger partial charge >= 0.3 is 5.97 Å². The summed E-state index contributed by atoms with van der Waals surface area (Å²) in [4.78, 5) is 16.2. The first-order valence-corrected chi connectivity index (χ1v) is 6.90. The van der Waals surface area contributed by atoms with E-state index in [1.54, 1.807) is 0 Å². The maximum Gasteiger partial charge on any atom is 0.356 e. The van der Waals surface area contributed by atoms with Gasteiger partial charge in [-0.1, -0.05) is 30.3 Å². The van der Waals surface area contributed by atoms with Crippen LogP contribution in [-0.2, 0) is 11.2 Å². The topological polar surface area (TPSA) is 59.4 Å². The lowest BCUT2D eigenvalue weighted by Crippen LogP contribution is -2.01. The average Bonchev–Trinajstić information content (AvgIpc) is 2.84. The summed E-state index contributed by atoms with van der Waals surface area (Å²) in [7, 11) is 0. The first-order valence-electron chi connectivity index (χ1n) is 6.08. The van der Waals surface area contributed by atoms with Gasteiger partial charge < -0.3 is 9.84 Å². The van der Waals surface area contributed by atoms with Gasteiger partial charge in [0, 0.05) is 13.0 Å². The molecule has 1 aromatic heterocycles. The molecule has 4 nitrogen and oxygen atoms in total. The van der Waals surface area contributed by atoms with Gasteiger partial charge in [-0.2, -0.15) is 0 Å². The Balaban J connectivity index is 2.29. The minimum absolute atomic E-state index is 0.127. The molecule has 1 aromatic carbocycles. The van der Waals surface area contributed by atoms with E-state index in [0.29, 0.717) is 24.5 Å². The Morgan fingerprint density at radius 1 is 1.37 bits per heavy atom. The highest BCUT2D eigenvalue weighted by atomic mass is 32.1. The number of rotatable bonds is 6. The van der Waals surface area contributed by atoms with E-state index in [4.69, 9.17) is 4.74 Å². The molecule has 0 bridgehead atoms. The standard InChI is InChI=1S/C14H15NO3S/c1-2-18-9-8-11-15-12(14(16)17)13(19-11)10-6-4-3-5-7-10/h3-7H,2,8-9H2,1H3,(H,16,17). The number of hydrogen-bond acceptors (Lipinski definition) is 4. The maximum atomic E-state index is 11.3. The molecule has 0 atom stereocenters. The third kappa shape index (κ3) is 3.39. The first kappa shape index (κ1) is 13.7. The van der Waals surface area contributed by atoms with Crippen molar-refractivity contribution in [2.45, 2.75) is 13.3 Å². The van der Waals surface area contributed by atoms with Gasteiger partial charge in [0.2, 0.25) is 0 Å². The monoisotopic (exact) mass is 277 g/mol. The van der Waals surface area contributed by atoms with Crippen molar-refractivity contribution in [3.05, 3.63) is 41.0 Å². The fourth-order valence-electron chi connectivity index (χ4n) is 1.71. The highest BCUT2D eigenvalue weighted by molar-refractivity contribution is 7.15. The van der Waals surface area contributed by atoms with Gasteiger partial charge in [0.15, 0.2) is 5.69 Å². The predicted octanol–water partition coefficient (Wildman–Crippen LogP) is 3.09. The van der Waals surface area contributed by atoms with Crippen LogP contribution in [0.5, 0.6) is 0 Å². The summed E-state index contributed by atoms with van der Waals surface area (Å²) in [5.41, 5.74) is 1.02. The van der Waals surface area contributed by atoms with Crippen molar-refractivity contribution in [3.8, 4) is 10.4 Å². The Morgan fingerprint density at radius 2 is 2.11 bits per heavy atom. The fourth-order valence-corrected chi connectivity index (χ4v) is 2.75. The number of carbonyl (C=O) groups is 1.